The fourth-order valence-electron chi connectivity index (χ4n) is 3.48. The molecule has 1 fully saturated rings. The van der Waals surface area contributed by atoms with Crippen molar-refractivity contribution in [1.82, 2.24) is 9.80 Å². The van der Waals surface area contributed by atoms with Gasteiger partial charge in [0.15, 0.2) is 0 Å². The molecule has 0 spiro atoms. The van der Waals surface area contributed by atoms with E-state index in [9.17, 15) is 5.11 Å². The fraction of sp³-hybridized carbons (Fsp3) is 0.647. The maximum absolute atomic E-state index is 10.6. The third kappa shape index (κ3) is 3.60. The zero-order valence-corrected chi connectivity index (χ0v) is 13.5. The Hall–Kier alpha value is -0.900. The second-order valence-electron chi connectivity index (χ2n) is 6.80. The Morgan fingerprint density at radius 2 is 1.80 bits per heavy atom. The van der Waals surface area contributed by atoms with Crippen molar-refractivity contribution >= 4 is 0 Å². The number of hydrogen-bond donors (Lipinski definition) is 1. The average molecular weight is 276 g/mol. The first-order valence-electron chi connectivity index (χ1n) is 7.45. The largest absolute Gasteiger partial charge is 0.387 e. The van der Waals surface area contributed by atoms with Crippen molar-refractivity contribution in [2.75, 3.05) is 33.7 Å². The third-order valence-electron chi connectivity index (χ3n) is 4.24. The predicted molar refractivity (Wildman–Crippen MR) is 84.1 cm³/mol. The summed E-state index contributed by atoms with van der Waals surface area (Å²) in [7, 11) is 4.05. The Morgan fingerprint density at radius 3 is 2.35 bits per heavy atom. The van der Waals surface area contributed by atoms with E-state index in [-0.39, 0.29) is 0 Å². The van der Waals surface area contributed by atoms with Gasteiger partial charge in [-0.15, -0.1) is 0 Å². The van der Waals surface area contributed by atoms with E-state index < -0.39 is 5.60 Å². The lowest BCUT2D eigenvalue weighted by molar-refractivity contribution is 0.0240. The molecule has 2 rings (SSSR count). The molecule has 1 atom stereocenters. The van der Waals surface area contributed by atoms with Gasteiger partial charge < -0.3 is 10.0 Å². The van der Waals surface area contributed by atoms with Crippen LogP contribution in [-0.4, -0.2) is 54.2 Å². The molecule has 0 aromatic heterocycles. The van der Waals surface area contributed by atoms with E-state index in [1.54, 1.807) is 0 Å². The van der Waals surface area contributed by atoms with E-state index in [0.29, 0.717) is 0 Å². The molecule has 1 aromatic carbocycles. The van der Waals surface area contributed by atoms with E-state index >= 15 is 0 Å². The van der Waals surface area contributed by atoms with Crippen LogP contribution in [0.15, 0.2) is 12.1 Å². The third-order valence-corrected chi connectivity index (χ3v) is 4.24. The van der Waals surface area contributed by atoms with Gasteiger partial charge in [0.2, 0.25) is 0 Å². The minimum absolute atomic E-state index is 0.546. The molecule has 0 bridgehead atoms. The summed E-state index contributed by atoms with van der Waals surface area (Å²) in [5.74, 6) is 0. The molecule has 0 amide bonds. The lowest BCUT2D eigenvalue weighted by Crippen LogP contribution is -2.42. The highest BCUT2D eigenvalue weighted by molar-refractivity contribution is 5.37. The zero-order chi connectivity index (χ0) is 14.9. The molecule has 0 radical (unpaired) electrons. The van der Waals surface area contributed by atoms with Gasteiger partial charge in [0, 0.05) is 26.2 Å². The molecule has 3 heteroatoms. The molecule has 1 aliphatic heterocycles. The lowest BCUT2D eigenvalue weighted by atomic mass is 9.99. The first kappa shape index (κ1) is 15.5. The van der Waals surface area contributed by atoms with Crippen LogP contribution in [0.4, 0.5) is 0 Å². The molecule has 0 unspecified atom stereocenters. The minimum Gasteiger partial charge on any atom is -0.387 e. The van der Waals surface area contributed by atoms with Crippen LogP contribution in [0.1, 0.15) is 28.7 Å². The number of nitrogens with zero attached hydrogens (tertiary/aromatic N) is 2. The standard InChI is InChI=1S/C17H28N2O/c1-13-8-14(2)16(15(3)9-13)10-19-7-6-17(20,12-19)11-18(4)5/h8-9,20H,6-7,10-12H2,1-5H3/t17-/m0/s1. The topological polar surface area (TPSA) is 26.7 Å². The van der Waals surface area contributed by atoms with Crippen molar-refractivity contribution in [3.63, 3.8) is 0 Å². The van der Waals surface area contributed by atoms with Crippen LogP contribution in [0.25, 0.3) is 0 Å². The predicted octanol–water partition coefficient (Wildman–Crippen LogP) is 2.11. The number of aryl methyl sites for hydroxylation is 3. The van der Waals surface area contributed by atoms with Crippen LogP contribution < -0.4 is 0 Å². The summed E-state index contributed by atoms with van der Waals surface area (Å²) < 4.78 is 0. The van der Waals surface area contributed by atoms with Gasteiger partial charge in [0.1, 0.15) is 0 Å². The summed E-state index contributed by atoms with van der Waals surface area (Å²) in [5.41, 5.74) is 4.94. The quantitative estimate of drug-likeness (QED) is 0.912. The van der Waals surface area contributed by atoms with Crippen molar-refractivity contribution in [2.24, 2.45) is 0 Å². The van der Waals surface area contributed by atoms with Gasteiger partial charge in [-0.3, -0.25) is 4.90 Å². The van der Waals surface area contributed by atoms with Crippen LogP contribution in [0.3, 0.4) is 0 Å². The highest BCUT2D eigenvalue weighted by Gasteiger charge is 2.36. The summed E-state index contributed by atoms with van der Waals surface area (Å²) in [6, 6.07) is 4.51. The van der Waals surface area contributed by atoms with Crippen LogP contribution in [0.5, 0.6) is 0 Å². The lowest BCUT2D eigenvalue weighted by Gasteiger charge is -2.27. The molecule has 3 nitrogen and oxygen atoms in total. The zero-order valence-electron chi connectivity index (χ0n) is 13.5. The smallest absolute Gasteiger partial charge is 0.0912 e. The molecule has 20 heavy (non-hydrogen) atoms. The SMILES string of the molecule is Cc1cc(C)c(CN2CC[C@](O)(CN(C)C)C2)c(C)c1. The summed E-state index contributed by atoms with van der Waals surface area (Å²) >= 11 is 0. The molecule has 0 aliphatic carbocycles. The molecule has 0 saturated carbocycles. The van der Waals surface area contributed by atoms with Crippen molar-refractivity contribution < 1.29 is 5.11 Å². The number of aliphatic hydroxyl groups is 1. The van der Waals surface area contributed by atoms with Gasteiger partial charge in [-0.2, -0.15) is 0 Å². The van der Waals surface area contributed by atoms with Crippen molar-refractivity contribution in [2.45, 2.75) is 39.3 Å². The number of rotatable bonds is 4. The number of hydrogen-bond acceptors (Lipinski definition) is 3. The summed E-state index contributed by atoms with van der Waals surface area (Å²) in [6.45, 7) is 9.99. The number of likely N-dealkylation sites (tertiary alicyclic amines) is 1. The van der Waals surface area contributed by atoms with Gasteiger partial charge in [-0.1, -0.05) is 17.7 Å². The van der Waals surface area contributed by atoms with E-state index in [2.05, 4.69) is 42.7 Å². The van der Waals surface area contributed by atoms with Crippen LogP contribution in [-0.2, 0) is 6.54 Å². The Bertz CT molecular complexity index is 461. The summed E-state index contributed by atoms with van der Waals surface area (Å²) in [6.07, 6.45) is 0.870. The highest BCUT2D eigenvalue weighted by atomic mass is 16.3. The second-order valence-corrected chi connectivity index (χ2v) is 6.80. The number of β-amino-alcohol motifs (C(OH)–C–C–N with tert-alkyl or cyclic N) is 1. The highest BCUT2D eigenvalue weighted by Crippen LogP contribution is 2.26. The van der Waals surface area contributed by atoms with Gasteiger partial charge >= 0.3 is 0 Å². The van der Waals surface area contributed by atoms with Gasteiger partial charge in [-0.05, 0) is 58.0 Å². The van der Waals surface area contributed by atoms with Crippen molar-refractivity contribution in [1.29, 1.82) is 0 Å². The Kier molecular flexibility index (Phi) is 4.52. The van der Waals surface area contributed by atoms with Crippen molar-refractivity contribution in [3.05, 3.63) is 34.4 Å². The van der Waals surface area contributed by atoms with Crippen LogP contribution in [0.2, 0.25) is 0 Å². The van der Waals surface area contributed by atoms with Crippen molar-refractivity contribution in [3.8, 4) is 0 Å². The normalized spacial score (nSPS) is 23.8. The Balaban J connectivity index is 2.06. The van der Waals surface area contributed by atoms with E-state index in [0.717, 1.165) is 32.6 Å². The molecule has 1 aromatic rings. The Morgan fingerprint density at radius 1 is 1.20 bits per heavy atom. The fourth-order valence-corrected chi connectivity index (χ4v) is 3.48. The monoisotopic (exact) mass is 276 g/mol. The van der Waals surface area contributed by atoms with Gasteiger partial charge in [0.05, 0.1) is 5.60 Å². The first-order valence-corrected chi connectivity index (χ1v) is 7.45. The maximum Gasteiger partial charge on any atom is 0.0912 e. The minimum atomic E-state index is -0.546. The molecule has 1 heterocycles. The van der Waals surface area contributed by atoms with Crippen LogP contribution >= 0.6 is 0 Å². The van der Waals surface area contributed by atoms with Gasteiger partial charge in [0.25, 0.3) is 0 Å². The Labute approximate surface area is 123 Å². The molecule has 1 saturated heterocycles. The van der Waals surface area contributed by atoms with Crippen LogP contribution in [0, 0.1) is 20.8 Å². The number of benzene rings is 1. The number of likely N-dealkylation sites (N-methyl/N-ethyl adjacent to an activating group) is 1. The van der Waals surface area contributed by atoms with Gasteiger partial charge in [-0.25, -0.2) is 0 Å². The molecular formula is C17H28N2O. The maximum atomic E-state index is 10.6. The molecule has 112 valence electrons. The summed E-state index contributed by atoms with van der Waals surface area (Å²) in [5, 5.41) is 10.6. The van der Waals surface area contributed by atoms with E-state index in [4.69, 9.17) is 0 Å². The summed E-state index contributed by atoms with van der Waals surface area (Å²) in [4.78, 5) is 4.46. The average Bonchev–Trinajstić information content (AvgIpc) is 2.64. The second kappa shape index (κ2) is 5.84. The molecule has 1 N–H and O–H groups in total. The first-order chi connectivity index (χ1) is 9.29. The van der Waals surface area contributed by atoms with E-state index in [1.165, 1.54) is 22.3 Å². The van der Waals surface area contributed by atoms with E-state index in [1.807, 2.05) is 14.1 Å². The molecule has 1 aliphatic rings. The molecular weight excluding hydrogens is 248 g/mol.